The Bertz CT molecular complexity index is 292. The molecule has 1 aliphatic heterocycles. The van der Waals surface area contributed by atoms with Crippen LogP contribution in [0, 0.1) is 0 Å². The molecule has 1 aromatic heterocycles. The van der Waals surface area contributed by atoms with Crippen LogP contribution in [0.3, 0.4) is 0 Å². The summed E-state index contributed by atoms with van der Waals surface area (Å²) < 4.78 is 2.29. The maximum Gasteiger partial charge on any atom is 0.205 e. The highest BCUT2D eigenvalue weighted by atomic mass is 15.3. The fraction of sp³-hybridized carbons (Fsp3) is 0.667. The first kappa shape index (κ1) is 8.56. The van der Waals surface area contributed by atoms with Crippen molar-refractivity contribution in [2.45, 2.75) is 20.0 Å². The third-order valence-corrected chi connectivity index (χ3v) is 2.55. The number of fused-ring (bicyclic) bond motifs is 1. The molecule has 13 heavy (non-hydrogen) atoms. The molecule has 0 spiro atoms. The largest absolute Gasteiger partial charge is 0.346 e. The third-order valence-electron chi connectivity index (χ3n) is 2.55. The van der Waals surface area contributed by atoms with Gasteiger partial charge in [-0.3, -0.25) is 0 Å². The molecule has 0 aromatic carbocycles. The van der Waals surface area contributed by atoms with Crippen LogP contribution in [0.5, 0.6) is 0 Å². The van der Waals surface area contributed by atoms with Crippen molar-refractivity contribution in [3.05, 3.63) is 11.9 Å². The summed E-state index contributed by atoms with van der Waals surface area (Å²) in [5.74, 6) is 1.10. The van der Waals surface area contributed by atoms with Gasteiger partial charge in [-0.1, -0.05) is 0 Å². The molecular weight excluding hydrogens is 164 g/mol. The quantitative estimate of drug-likeness (QED) is 0.717. The van der Waals surface area contributed by atoms with E-state index in [2.05, 4.69) is 33.7 Å². The van der Waals surface area contributed by atoms with Gasteiger partial charge in [0.05, 0.1) is 11.9 Å². The lowest BCUT2D eigenvalue weighted by Gasteiger charge is -2.22. The minimum absolute atomic E-state index is 0.949. The van der Waals surface area contributed by atoms with Crippen molar-refractivity contribution in [3.8, 4) is 0 Å². The fourth-order valence-corrected chi connectivity index (χ4v) is 1.64. The zero-order valence-electron chi connectivity index (χ0n) is 8.25. The summed E-state index contributed by atoms with van der Waals surface area (Å²) >= 11 is 0. The lowest BCUT2D eigenvalue weighted by Crippen LogP contribution is -2.30. The number of hydrogen-bond acceptors (Lipinski definition) is 3. The Labute approximate surface area is 78.6 Å². The molecule has 2 rings (SSSR count). The maximum absolute atomic E-state index is 4.42. The van der Waals surface area contributed by atoms with E-state index in [0.29, 0.717) is 0 Å². The highest BCUT2D eigenvalue weighted by molar-refractivity contribution is 5.33. The van der Waals surface area contributed by atoms with Crippen LogP contribution in [0.2, 0.25) is 0 Å². The van der Waals surface area contributed by atoms with Crippen LogP contribution in [0.15, 0.2) is 6.20 Å². The Hall–Kier alpha value is -1.03. The third kappa shape index (κ3) is 1.42. The van der Waals surface area contributed by atoms with Crippen LogP contribution in [0.4, 0.5) is 5.95 Å². The number of rotatable bonds is 2. The summed E-state index contributed by atoms with van der Waals surface area (Å²) in [5, 5.41) is 3.33. The van der Waals surface area contributed by atoms with Gasteiger partial charge >= 0.3 is 0 Å². The van der Waals surface area contributed by atoms with Gasteiger partial charge in [-0.05, 0) is 6.92 Å². The summed E-state index contributed by atoms with van der Waals surface area (Å²) in [7, 11) is 2.08. The molecule has 4 heteroatoms. The van der Waals surface area contributed by atoms with Crippen LogP contribution in [-0.2, 0) is 13.1 Å². The van der Waals surface area contributed by atoms with E-state index >= 15 is 0 Å². The van der Waals surface area contributed by atoms with Gasteiger partial charge in [-0.2, -0.15) is 0 Å². The molecule has 0 atom stereocenters. The summed E-state index contributed by atoms with van der Waals surface area (Å²) in [6, 6.07) is 0. The predicted molar refractivity (Wildman–Crippen MR) is 52.9 cm³/mol. The van der Waals surface area contributed by atoms with Crippen LogP contribution < -0.4 is 10.2 Å². The molecule has 0 amide bonds. The summed E-state index contributed by atoms with van der Waals surface area (Å²) in [4.78, 5) is 6.59. The van der Waals surface area contributed by atoms with E-state index in [-0.39, 0.29) is 0 Å². The molecule has 0 fully saturated rings. The Morgan fingerprint density at radius 1 is 1.69 bits per heavy atom. The monoisotopic (exact) mass is 180 g/mol. The van der Waals surface area contributed by atoms with Crippen LogP contribution in [-0.4, -0.2) is 29.7 Å². The maximum atomic E-state index is 4.42. The molecule has 0 aliphatic carbocycles. The van der Waals surface area contributed by atoms with Crippen LogP contribution >= 0.6 is 0 Å². The average Bonchev–Trinajstić information content (AvgIpc) is 2.60. The van der Waals surface area contributed by atoms with Crippen molar-refractivity contribution in [1.82, 2.24) is 14.9 Å². The van der Waals surface area contributed by atoms with Gasteiger partial charge in [0.2, 0.25) is 5.95 Å². The molecule has 1 N–H and O–H groups in total. The van der Waals surface area contributed by atoms with Crippen molar-refractivity contribution in [3.63, 3.8) is 0 Å². The molecule has 0 saturated carbocycles. The zero-order valence-corrected chi connectivity index (χ0v) is 8.25. The van der Waals surface area contributed by atoms with Gasteiger partial charge in [0.25, 0.3) is 0 Å². The Morgan fingerprint density at radius 3 is 3.31 bits per heavy atom. The lowest BCUT2D eigenvalue weighted by molar-refractivity contribution is 0.515. The molecule has 1 aromatic rings. The number of imidazole rings is 1. The first-order valence-electron chi connectivity index (χ1n) is 4.79. The minimum atomic E-state index is 0.949. The second-order valence-electron chi connectivity index (χ2n) is 3.39. The molecule has 1 aliphatic rings. The van der Waals surface area contributed by atoms with Crippen molar-refractivity contribution < 1.29 is 0 Å². The zero-order chi connectivity index (χ0) is 9.26. The fourth-order valence-electron chi connectivity index (χ4n) is 1.64. The molecule has 4 nitrogen and oxygen atoms in total. The molecule has 72 valence electrons. The van der Waals surface area contributed by atoms with Gasteiger partial charge in [-0.25, -0.2) is 4.98 Å². The SMILES string of the molecule is CCN(C)c1ncc2n1CCNC2. The van der Waals surface area contributed by atoms with E-state index in [4.69, 9.17) is 0 Å². The highest BCUT2D eigenvalue weighted by Gasteiger charge is 2.14. The van der Waals surface area contributed by atoms with Gasteiger partial charge in [0.15, 0.2) is 0 Å². The van der Waals surface area contributed by atoms with Gasteiger partial charge in [0, 0.05) is 33.2 Å². The van der Waals surface area contributed by atoms with E-state index in [0.717, 1.165) is 32.1 Å². The summed E-state index contributed by atoms with van der Waals surface area (Å²) in [6.07, 6.45) is 1.97. The first-order valence-corrected chi connectivity index (χ1v) is 4.79. The first-order chi connectivity index (χ1) is 6.33. The predicted octanol–water partition coefficient (Wildman–Crippen LogP) is 0.442. The lowest BCUT2D eigenvalue weighted by atomic mass is 10.4. The van der Waals surface area contributed by atoms with Gasteiger partial charge in [0.1, 0.15) is 0 Å². The van der Waals surface area contributed by atoms with Crippen molar-refractivity contribution in [1.29, 1.82) is 0 Å². The average molecular weight is 180 g/mol. The number of anilines is 1. The normalized spacial score (nSPS) is 15.5. The number of aromatic nitrogens is 2. The second kappa shape index (κ2) is 3.38. The van der Waals surface area contributed by atoms with E-state index in [1.165, 1.54) is 5.69 Å². The Balaban J connectivity index is 2.31. The molecule has 0 unspecified atom stereocenters. The molecule has 0 saturated heterocycles. The molecular formula is C9H16N4. The second-order valence-corrected chi connectivity index (χ2v) is 3.39. The van der Waals surface area contributed by atoms with E-state index in [1.54, 1.807) is 0 Å². The van der Waals surface area contributed by atoms with Crippen molar-refractivity contribution in [2.75, 3.05) is 25.0 Å². The summed E-state index contributed by atoms with van der Waals surface area (Å²) in [5.41, 5.74) is 1.29. The smallest absolute Gasteiger partial charge is 0.205 e. The van der Waals surface area contributed by atoms with E-state index in [1.807, 2.05) is 6.20 Å². The molecule has 0 radical (unpaired) electrons. The van der Waals surface area contributed by atoms with E-state index < -0.39 is 0 Å². The molecule has 2 heterocycles. The van der Waals surface area contributed by atoms with E-state index in [9.17, 15) is 0 Å². The summed E-state index contributed by atoms with van der Waals surface area (Å²) in [6.45, 7) is 6.18. The molecule has 0 bridgehead atoms. The number of nitrogens with zero attached hydrogens (tertiary/aromatic N) is 3. The highest BCUT2D eigenvalue weighted by Crippen LogP contribution is 2.15. The van der Waals surface area contributed by atoms with Crippen molar-refractivity contribution >= 4 is 5.95 Å². The van der Waals surface area contributed by atoms with Gasteiger partial charge < -0.3 is 14.8 Å². The number of nitrogens with one attached hydrogen (secondary N) is 1. The van der Waals surface area contributed by atoms with Crippen molar-refractivity contribution in [2.24, 2.45) is 0 Å². The van der Waals surface area contributed by atoms with Crippen LogP contribution in [0.25, 0.3) is 0 Å². The van der Waals surface area contributed by atoms with Crippen LogP contribution in [0.1, 0.15) is 12.6 Å². The Morgan fingerprint density at radius 2 is 2.54 bits per heavy atom. The minimum Gasteiger partial charge on any atom is -0.346 e. The standard InChI is InChI=1S/C9H16N4/c1-3-12(2)9-11-7-8-6-10-4-5-13(8)9/h7,10H,3-6H2,1-2H3. The Kier molecular flexibility index (Phi) is 2.22. The van der Waals surface area contributed by atoms with Gasteiger partial charge in [-0.15, -0.1) is 0 Å². The number of hydrogen-bond donors (Lipinski definition) is 1. The topological polar surface area (TPSA) is 33.1 Å².